The van der Waals surface area contributed by atoms with Crippen LogP contribution in [-0.4, -0.2) is 26.2 Å². The zero-order valence-electron chi connectivity index (χ0n) is 13.4. The van der Waals surface area contributed by atoms with Crippen LogP contribution in [0, 0.1) is 0 Å². The van der Waals surface area contributed by atoms with E-state index < -0.39 is 17.6 Å². The zero-order valence-corrected chi connectivity index (χ0v) is 15.0. The van der Waals surface area contributed by atoms with Crippen LogP contribution in [0.4, 0.5) is 18.9 Å². The van der Waals surface area contributed by atoms with Gasteiger partial charge in [0.25, 0.3) is 5.91 Å². The number of hydrazone groups is 1. The van der Waals surface area contributed by atoms with Crippen molar-refractivity contribution < 1.29 is 18.0 Å². The van der Waals surface area contributed by atoms with Gasteiger partial charge in [0, 0.05) is 24.1 Å². The first-order valence-electron chi connectivity index (χ1n) is 7.16. The van der Waals surface area contributed by atoms with Gasteiger partial charge in [0.15, 0.2) is 0 Å². The first kappa shape index (κ1) is 19.0. The van der Waals surface area contributed by atoms with Crippen molar-refractivity contribution in [3.63, 3.8) is 0 Å². The van der Waals surface area contributed by atoms with E-state index in [-0.39, 0.29) is 5.56 Å². The Labute approximate surface area is 151 Å². The normalized spacial score (nSPS) is 11.6. The highest BCUT2D eigenvalue weighted by Gasteiger charge is 2.30. The van der Waals surface area contributed by atoms with E-state index in [9.17, 15) is 18.0 Å². The highest BCUT2D eigenvalue weighted by molar-refractivity contribution is 9.10. The van der Waals surface area contributed by atoms with Crippen LogP contribution < -0.4 is 10.3 Å². The number of carbonyl (C=O) groups excluding carboxylic acids is 1. The second kappa shape index (κ2) is 7.69. The molecule has 132 valence electrons. The van der Waals surface area contributed by atoms with Crippen molar-refractivity contribution in [2.75, 3.05) is 19.0 Å². The van der Waals surface area contributed by atoms with Gasteiger partial charge in [0.05, 0.1) is 17.5 Å². The van der Waals surface area contributed by atoms with Gasteiger partial charge in [0.1, 0.15) is 0 Å². The number of benzene rings is 2. The Balaban J connectivity index is 2.07. The SMILES string of the molecule is CN(C)c1ccc(/C=N\NC(=O)c2cccc(C(F)(F)F)c2)cc1Br. The molecule has 0 atom stereocenters. The summed E-state index contributed by atoms with van der Waals surface area (Å²) in [6.45, 7) is 0. The maximum atomic E-state index is 12.7. The number of amides is 1. The lowest BCUT2D eigenvalue weighted by atomic mass is 10.1. The minimum Gasteiger partial charge on any atom is -0.377 e. The van der Waals surface area contributed by atoms with Crippen LogP contribution in [-0.2, 0) is 6.18 Å². The lowest BCUT2D eigenvalue weighted by molar-refractivity contribution is -0.137. The lowest BCUT2D eigenvalue weighted by Crippen LogP contribution is -2.18. The van der Waals surface area contributed by atoms with Crippen LogP contribution in [0.15, 0.2) is 52.0 Å². The fourth-order valence-electron chi connectivity index (χ4n) is 2.03. The Hall–Kier alpha value is -2.35. The Kier molecular flexibility index (Phi) is 5.84. The van der Waals surface area contributed by atoms with Gasteiger partial charge in [-0.25, -0.2) is 5.43 Å². The van der Waals surface area contributed by atoms with Gasteiger partial charge in [-0.2, -0.15) is 18.3 Å². The number of hydrogen-bond acceptors (Lipinski definition) is 3. The molecule has 0 aromatic heterocycles. The Morgan fingerprint density at radius 1 is 1.20 bits per heavy atom. The molecule has 0 radical (unpaired) electrons. The van der Waals surface area contributed by atoms with E-state index in [0.29, 0.717) is 0 Å². The summed E-state index contributed by atoms with van der Waals surface area (Å²) in [6, 6.07) is 9.66. The molecule has 1 amide bonds. The number of nitrogens with zero attached hydrogens (tertiary/aromatic N) is 2. The van der Waals surface area contributed by atoms with Crippen molar-refractivity contribution in [3.05, 3.63) is 63.6 Å². The smallest absolute Gasteiger partial charge is 0.377 e. The summed E-state index contributed by atoms with van der Waals surface area (Å²) in [5.41, 5.74) is 2.92. The van der Waals surface area contributed by atoms with Gasteiger partial charge >= 0.3 is 6.18 Å². The maximum absolute atomic E-state index is 12.7. The van der Waals surface area contributed by atoms with Gasteiger partial charge in [-0.15, -0.1) is 0 Å². The molecule has 1 N–H and O–H groups in total. The molecule has 0 aliphatic heterocycles. The van der Waals surface area contributed by atoms with E-state index in [2.05, 4.69) is 26.5 Å². The molecule has 0 fully saturated rings. The van der Waals surface area contributed by atoms with Gasteiger partial charge in [-0.05, 0) is 51.8 Å². The number of rotatable bonds is 4. The molecule has 0 unspecified atom stereocenters. The first-order chi connectivity index (χ1) is 11.7. The molecule has 0 bridgehead atoms. The summed E-state index contributed by atoms with van der Waals surface area (Å²) in [5.74, 6) is -0.716. The van der Waals surface area contributed by atoms with E-state index in [1.54, 1.807) is 6.07 Å². The molecule has 2 rings (SSSR count). The average molecular weight is 414 g/mol. The summed E-state index contributed by atoms with van der Waals surface area (Å²) < 4.78 is 38.8. The number of halogens is 4. The van der Waals surface area contributed by atoms with Crippen LogP contribution in [0.1, 0.15) is 21.5 Å². The maximum Gasteiger partial charge on any atom is 0.416 e. The molecular weight excluding hydrogens is 399 g/mol. The minimum atomic E-state index is -4.50. The van der Waals surface area contributed by atoms with Crippen LogP contribution in [0.5, 0.6) is 0 Å². The molecule has 0 saturated carbocycles. The minimum absolute atomic E-state index is 0.115. The molecule has 8 heteroatoms. The van der Waals surface area contributed by atoms with Crippen LogP contribution in [0.2, 0.25) is 0 Å². The topological polar surface area (TPSA) is 44.7 Å². The van der Waals surface area contributed by atoms with Crippen LogP contribution >= 0.6 is 15.9 Å². The van der Waals surface area contributed by atoms with Gasteiger partial charge in [-0.3, -0.25) is 4.79 Å². The van der Waals surface area contributed by atoms with Gasteiger partial charge in [-0.1, -0.05) is 12.1 Å². The van der Waals surface area contributed by atoms with E-state index in [0.717, 1.165) is 27.9 Å². The predicted molar refractivity (Wildman–Crippen MR) is 95.0 cm³/mol. The molecule has 0 spiro atoms. The second-order valence-corrected chi connectivity index (χ2v) is 6.24. The number of anilines is 1. The molecule has 4 nitrogen and oxygen atoms in total. The third-order valence-corrected chi connectivity index (χ3v) is 3.92. The summed E-state index contributed by atoms with van der Waals surface area (Å²) in [7, 11) is 3.81. The second-order valence-electron chi connectivity index (χ2n) is 5.38. The molecule has 0 aliphatic carbocycles. The summed E-state index contributed by atoms with van der Waals surface area (Å²) in [5, 5.41) is 3.79. The van der Waals surface area contributed by atoms with Crippen molar-refractivity contribution in [2.24, 2.45) is 5.10 Å². The van der Waals surface area contributed by atoms with Gasteiger partial charge in [0.2, 0.25) is 0 Å². The Morgan fingerprint density at radius 3 is 2.52 bits per heavy atom. The number of hydrogen-bond donors (Lipinski definition) is 1. The van der Waals surface area contributed by atoms with Crippen LogP contribution in [0.3, 0.4) is 0 Å². The highest BCUT2D eigenvalue weighted by atomic mass is 79.9. The third-order valence-electron chi connectivity index (χ3n) is 3.29. The van der Waals surface area contributed by atoms with Crippen molar-refractivity contribution in [2.45, 2.75) is 6.18 Å². The number of alkyl halides is 3. The van der Waals surface area contributed by atoms with Crippen molar-refractivity contribution in [1.29, 1.82) is 0 Å². The summed E-state index contributed by atoms with van der Waals surface area (Å²) in [6.07, 6.45) is -3.09. The fraction of sp³-hybridized carbons (Fsp3) is 0.176. The monoisotopic (exact) mass is 413 g/mol. The van der Waals surface area contributed by atoms with Crippen molar-refractivity contribution in [1.82, 2.24) is 5.43 Å². The predicted octanol–water partition coefficient (Wildman–Crippen LogP) is 4.30. The summed E-state index contributed by atoms with van der Waals surface area (Å²) in [4.78, 5) is 13.8. The lowest BCUT2D eigenvalue weighted by Gasteiger charge is -2.14. The molecule has 2 aromatic carbocycles. The zero-order chi connectivity index (χ0) is 18.6. The van der Waals surface area contributed by atoms with Crippen molar-refractivity contribution >= 4 is 33.7 Å². The number of nitrogens with one attached hydrogen (secondary N) is 1. The average Bonchev–Trinajstić information content (AvgIpc) is 2.54. The molecule has 25 heavy (non-hydrogen) atoms. The van der Waals surface area contributed by atoms with E-state index in [4.69, 9.17) is 0 Å². The largest absolute Gasteiger partial charge is 0.416 e. The Bertz CT molecular complexity index is 804. The highest BCUT2D eigenvalue weighted by Crippen LogP contribution is 2.29. The molecule has 2 aromatic rings. The first-order valence-corrected chi connectivity index (χ1v) is 7.95. The number of carbonyl (C=O) groups is 1. The van der Waals surface area contributed by atoms with E-state index in [1.165, 1.54) is 18.3 Å². The van der Waals surface area contributed by atoms with E-state index in [1.807, 2.05) is 31.1 Å². The third kappa shape index (κ3) is 5.06. The standard InChI is InChI=1S/C17H15BrF3N3O/c1-24(2)15-7-6-11(8-14(15)18)10-22-23-16(25)12-4-3-5-13(9-12)17(19,20)21/h3-10H,1-2H3,(H,23,25)/b22-10-. The van der Waals surface area contributed by atoms with Gasteiger partial charge < -0.3 is 4.90 Å². The quantitative estimate of drug-likeness (QED) is 0.599. The molecule has 0 saturated heterocycles. The Morgan fingerprint density at radius 2 is 1.92 bits per heavy atom. The summed E-state index contributed by atoms with van der Waals surface area (Å²) >= 11 is 3.43. The molecule has 0 aliphatic rings. The fourth-order valence-corrected chi connectivity index (χ4v) is 2.78. The molecular formula is C17H15BrF3N3O. The van der Waals surface area contributed by atoms with Crippen LogP contribution in [0.25, 0.3) is 0 Å². The molecule has 0 heterocycles. The van der Waals surface area contributed by atoms with Crippen molar-refractivity contribution in [3.8, 4) is 0 Å². The van der Waals surface area contributed by atoms with E-state index >= 15 is 0 Å².